The zero-order chi connectivity index (χ0) is 16.7. The van der Waals surface area contributed by atoms with Crippen molar-refractivity contribution in [3.8, 4) is 18.1 Å². The van der Waals surface area contributed by atoms with Crippen molar-refractivity contribution in [1.82, 2.24) is 4.83 Å². The molecule has 0 aliphatic carbocycles. The topological polar surface area (TPSA) is 67.8 Å². The Kier molecular flexibility index (Phi) is 5.39. The number of hydrogen-bond donors (Lipinski definition) is 1. The second kappa shape index (κ2) is 7.47. The Balaban J connectivity index is 2.12. The average molecular weight is 328 g/mol. The van der Waals surface area contributed by atoms with Crippen molar-refractivity contribution in [2.45, 2.75) is 11.8 Å². The Bertz CT molecular complexity index is 835. The van der Waals surface area contributed by atoms with Crippen LogP contribution in [0.3, 0.4) is 0 Å². The molecule has 2 aromatic rings. The first-order chi connectivity index (χ1) is 11.0. The smallest absolute Gasteiger partial charge is 0.276 e. The van der Waals surface area contributed by atoms with Gasteiger partial charge in [-0.1, -0.05) is 35.7 Å². The van der Waals surface area contributed by atoms with Crippen molar-refractivity contribution in [3.63, 3.8) is 0 Å². The first-order valence-corrected chi connectivity index (χ1v) is 8.28. The molecule has 0 saturated carbocycles. The molecule has 0 radical (unpaired) electrons. The number of benzene rings is 2. The van der Waals surface area contributed by atoms with E-state index >= 15 is 0 Å². The Hall–Kier alpha value is -2.78. The molecule has 2 rings (SSSR count). The van der Waals surface area contributed by atoms with Gasteiger partial charge in [0.2, 0.25) is 0 Å². The number of rotatable bonds is 6. The minimum atomic E-state index is -3.70. The maximum atomic E-state index is 12.1. The van der Waals surface area contributed by atoms with E-state index in [2.05, 4.69) is 15.9 Å². The van der Waals surface area contributed by atoms with Crippen LogP contribution in [0.5, 0.6) is 5.75 Å². The molecule has 0 unspecified atom stereocenters. The molecule has 0 aliphatic heterocycles. The highest BCUT2D eigenvalue weighted by molar-refractivity contribution is 7.89. The number of aryl methyl sites for hydroxylation is 1. The fourth-order valence-electron chi connectivity index (χ4n) is 1.77. The third-order valence-corrected chi connectivity index (χ3v) is 4.18. The summed E-state index contributed by atoms with van der Waals surface area (Å²) in [4.78, 5) is 2.32. The second-order valence-electron chi connectivity index (χ2n) is 4.70. The van der Waals surface area contributed by atoms with E-state index in [0.29, 0.717) is 11.3 Å². The van der Waals surface area contributed by atoms with E-state index in [4.69, 9.17) is 11.2 Å². The highest BCUT2D eigenvalue weighted by Gasteiger charge is 2.11. The average Bonchev–Trinajstić information content (AvgIpc) is 2.54. The number of terminal acetylenes is 1. The molecule has 2 aromatic carbocycles. The van der Waals surface area contributed by atoms with Crippen LogP contribution in [0.25, 0.3) is 0 Å². The van der Waals surface area contributed by atoms with Gasteiger partial charge in [-0.05, 0) is 31.2 Å². The fraction of sp³-hybridized carbons (Fsp3) is 0.118. The van der Waals surface area contributed by atoms with Crippen molar-refractivity contribution >= 4 is 16.2 Å². The minimum Gasteiger partial charge on any atom is -0.480 e. The summed E-state index contributed by atoms with van der Waals surface area (Å²) in [5, 5.41) is 3.79. The van der Waals surface area contributed by atoms with Crippen molar-refractivity contribution < 1.29 is 13.2 Å². The Morgan fingerprint density at radius 1 is 1.22 bits per heavy atom. The van der Waals surface area contributed by atoms with Gasteiger partial charge in [0.15, 0.2) is 0 Å². The molecule has 0 heterocycles. The predicted octanol–water partition coefficient (Wildman–Crippen LogP) is 2.32. The van der Waals surface area contributed by atoms with Gasteiger partial charge < -0.3 is 4.74 Å². The van der Waals surface area contributed by atoms with E-state index in [-0.39, 0.29) is 11.5 Å². The molecule has 0 saturated heterocycles. The van der Waals surface area contributed by atoms with E-state index in [1.807, 2.05) is 6.92 Å². The van der Waals surface area contributed by atoms with Crippen LogP contribution < -0.4 is 9.57 Å². The lowest BCUT2D eigenvalue weighted by Gasteiger charge is -2.06. The van der Waals surface area contributed by atoms with Gasteiger partial charge >= 0.3 is 0 Å². The summed E-state index contributed by atoms with van der Waals surface area (Å²) in [6.45, 7) is 2.01. The van der Waals surface area contributed by atoms with Crippen molar-refractivity contribution in [1.29, 1.82) is 0 Å². The minimum absolute atomic E-state index is 0.125. The lowest BCUT2D eigenvalue weighted by molar-refractivity contribution is 0.370. The van der Waals surface area contributed by atoms with Gasteiger partial charge in [0.25, 0.3) is 10.0 Å². The Labute approximate surface area is 136 Å². The van der Waals surface area contributed by atoms with Crippen LogP contribution in [0, 0.1) is 19.3 Å². The standard InChI is InChI=1S/C17H16N2O3S/c1-3-12-22-17-7-5-4-6-15(17)13-18-19-23(20,21)16-10-8-14(2)9-11-16/h1,4-11,13,19H,12H2,2H3/b18-13+. The molecule has 1 N–H and O–H groups in total. The molecule has 0 spiro atoms. The second-order valence-corrected chi connectivity index (χ2v) is 6.36. The summed E-state index contributed by atoms with van der Waals surface area (Å²) < 4.78 is 29.6. The lowest BCUT2D eigenvalue weighted by atomic mass is 10.2. The molecule has 0 bridgehead atoms. The Morgan fingerprint density at radius 2 is 1.91 bits per heavy atom. The first-order valence-electron chi connectivity index (χ1n) is 6.80. The van der Waals surface area contributed by atoms with E-state index in [1.165, 1.54) is 18.3 Å². The zero-order valence-electron chi connectivity index (χ0n) is 12.6. The summed E-state index contributed by atoms with van der Waals surface area (Å²) in [5.41, 5.74) is 1.60. The van der Waals surface area contributed by atoms with E-state index < -0.39 is 10.0 Å². The number of ether oxygens (including phenoxy) is 1. The van der Waals surface area contributed by atoms with Gasteiger partial charge in [0, 0.05) is 5.56 Å². The fourth-order valence-corrected chi connectivity index (χ4v) is 2.56. The van der Waals surface area contributed by atoms with Crippen LogP contribution in [-0.4, -0.2) is 21.2 Å². The molecular formula is C17H16N2O3S. The van der Waals surface area contributed by atoms with Gasteiger partial charge in [-0.25, -0.2) is 4.83 Å². The predicted molar refractivity (Wildman–Crippen MR) is 89.9 cm³/mol. The number of hydrazone groups is 1. The van der Waals surface area contributed by atoms with Crippen LogP contribution in [-0.2, 0) is 10.0 Å². The monoisotopic (exact) mass is 328 g/mol. The van der Waals surface area contributed by atoms with Gasteiger partial charge in [-0.3, -0.25) is 0 Å². The summed E-state index contributed by atoms with van der Waals surface area (Å²) >= 11 is 0. The molecule has 0 aliphatic rings. The van der Waals surface area contributed by atoms with E-state index in [1.54, 1.807) is 36.4 Å². The molecular weight excluding hydrogens is 312 g/mol. The van der Waals surface area contributed by atoms with E-state index in [9.17, 15) is 8.42 Å². The first kappa shape index (κ1) is 16.6. The highest BCUT2D eigenvalue weighted by Crippen LogP contribution is 2.15. The third kappa shape index (κ3) is 4.59. The normalized spacial score (nSPS) is 11.1. The molecule has 0 fully saturated rings. The van der Waals surface area contributed by atoms with Gasteiger partial charge in [0.05, 0.1) is 11.1 Å². The number of sulfonamides is 1. The highest BCUT2D eigenvalue weighted by atomic mass is 32.2. The van der Waals surface area contributed by atoms with Crippen LogP contribution in [0.1, 0.15) is 11.1 Å². The number of nitrogens with one attached hydrogen (secondary N) is 1. The number of para-hydroxylation sites is 1. The van der Waals surface area contributed by atoms with Crippen LogP contribution >= 0.6 is 0 Å². The van der Waals surface area contributed by atoms with E-state index in [0.717, 1.165) is 5.56 Å². The summed E-state index contributed by atoms with van der Waals surface area (Å²) in [6.07, 6.45) is 6.53. The molecule has 6 heteroatoms. The Morgan fingerprint density at radius 3 is 2.61 bits per heavy atom. The summed E-state index contributed by atoms with van der Waals surface area (Å²) in [7, 11) is -3.70. The molecule has 0 atom stereocenters. The quantitative estimate of drug-likeness (QED) is 0.503. The van der Waals surface area contributed by atoms with Gasteiger partial charge in [0.1, 0.15) is 12.4 Å². The van der Waals surface area contributed by atoms with Gasteiger partial charge in [-0.2, -0.15) is 13.5 Å². The van der Waals surface area contributed by atoms with Crippen LogP contribution in [0.2, 0.25) is 0 Å². The third-order valence-electron chi connectivity index (χ3n) is 2.94. The lowest BCUT2D eigenvalue weighted by Crippen LogP contribution is -2.18. The zero-order valence-corrected chi connectivity index (χ0v) is 13.4. The molecule has 0 aromatic heterocycles. The summed E-state index contributed by atoms with van der Waals surface area (Å²) in [5.74, 6) is 2.90. The van der Waals surface area contributed by atoms with Crippen molar-refractivity contribution in [3.05, 3.63) is 59.7 Å². The largest absolute Gasteiger partial charge is 0.480 e. The molecule has 0 amide bonds. The summed E-state index contributed by atoms with van der Waals surface area (Å²) in [6, 6.07) is 13.6. The molecule has 5 nitrogen and oxygen atoms in total. The van der Waals surface area contributed by atoms with Crippen molar-refractivity contribution in [2.75, 3.05) is 6.61 Å². The SMILES string of the molecule is C#CCOc1ccccc1/C=N/NS(=O)(=O)c1ccc(C)cc1. The molecule has 23 heavy (non-hydrogen) atoms. The maximum absolute atomic E-state index is 12.1. The molecule has 118 valence electrons. The van der Waals surface area contributed by atoms with Crippen LogP contribution in [0.4, 0.5) is 0 Å². The van der Waals surface area contributed by atoms with Gasteiger partial charge in [-0.15, -0.1) is 6.42 Å². The maximum Gasteiger partial charge on any atom is 0.276 e. The number of nitrogens with zero attached hydrogens (tertiary/aromatic N) is 1. The van der Waals surface area contributed by atoms with Crippen LogP contribution in [0.15, 0.2) is 58.5 Å². The number of hydrogen-bond acceptors (Lipinski definition) is 4. The van der Waals surface area contributed by atoms with Crippen molar-refractivity contribution in [2.24, 2.45) is 5.10 Å².